The van der Waals surface area contributed by atoms with Crippen LogP contribution in [0.1, 0.15) is 12.5 Å². The molecule has 6 nitrogen and oxygen atoms in total. The van der Waals surface area contributed by atoms with E-state index in [1.54, 1.807) is 36.8 Å². The molecule has 1 fully saturated rings. The summed E-state index contributed by atoms with van der Waals surface area (Å²) < 4.78 is 35.9. The third kappa shape index (κ3) is 7.15. The number of aromatic nitrogens is 1. The van der Waals surface area contributed by atoms with Crippen molar-refractivity contribution in [2.75, 3.05) is 18.8 Å². The Morgan fingerprint density at radius 3 is 2.70 bits per heavy atom. The molecular weight excluding hydrogens is 381 g/mol. The first kappa shape index (κ1) is 22.2. The Kier molecular flexibility index (Phi) is 8.55. The Morgan fingerprint density at radius 1 is 1.56 bits per heavy atom. The van der Waals surface area contributed by atoms with E-state index >= 15 is 0 Å². The van der Waals surface area contributed by atoms with Crippen LogP contribution < -0.4 is 5.32 Å². The van der Waals surface area contributed by atoms with Crippen molar-refractivity contribution in [3.05, 3.63) is 47.3 Å². The largest absolute Gasteiger partial charge is 0.405 e. The topological polar surface area (TPSA) is 86.1 Å². The maximum Gasteiger partial charge on any atom is 0.405 e. The molecule has 2 heterocycles. The van der Waals surface area contributed by atoms with Gasteiger partial charge in [-0.25, -0.2) is 0 Å². The lowest BCUT2D eigenvalue weighted by atomic mass is 10.3. The standard InChI is InChI=1S/C10H10F3N3O2S.C7H7N/c1-2-16-7(17)4-19-9(16)6(3-14)8(18)15-5-10(11,12)13;1-2-7-4-3-5-8-6-7/h2,4-5H2,1H3,(H,15,18);2-6H,1H2/b9-6-;. The number of thioether (sulfide) groups is 1. The van der Waals surface area contributed by atoms with Crippen LogP contribution in [0.5, 0.6) is 0 Å². The average Bonchev–Trinajstić information content (AvgIpc) is 3.01. The van der Waals surface area contributed by atoms with Gasteiger partial charge in [-0.05, 0) is 18.6 Å². The lowest BCUT2D eigenvalue weighted by molar-refractivity contribution is -0.136. The number of nitrogens with zero attached hydrogens (tertiary/aromatic N) is 3. The van der Waals surface area contributed by atoms with Crippen LogP contribution in [-0.2, 0) is 9.59 Å². The van der Waals surface area contributed by atoms with Crippen LogP contribution in [0.4, 0.5) is 13.2 Å². The van der Waals surface area contributed by atoms with Crippen LogP contribution in [0, 0.1) is 11.3 Å². The number of carbonyl (C=O) groups excluding carboxylic acids is 2. The summed E-state index contributed by atoms with van der Waals surface area (Å²) in [6, 6.07) is 5.39. The fourth-order valence-corrected chi connectivity index (χ4v) is 2.97. The number of amides is 2. The van der Waals surface area contributed by atoms with Gasteiger partial charge in [0.25, 0.3) is 5.91 Å². The van der Waals surface area contributed by atoms with Crippen LogP contribution in [0.25, 0.3) is 6.08 Å². The molecule has 1 aliphatic heterocycles. The molecule has 0 bridgehead atoms. The van der Waals surface area contributed by atoms with Crippen LogP contribution >= 0.6 is 11.8 Å². The Bertz CT molecular complexity index is 758. The van der Waals surface area contributed by atoms with E-state index in [1.165, 1.54) is 4.90 Å². The lowest BCUT2D eigenvalue weighted by Crippen LogP contribution is -2.35. The fraction of sp³-hybridized carbons (Fsp3) is 0.294. The normalized spacial score (nSPS) is 15.4. The van der Waals surface area contributed by atoms with E-state index in [0.717, 1.165) is 17.3 Å². The summed E-state index contributed by atoms with van der Waals surface area (Å²) in [6.07, 6.45) is 0.733. The van der Waals surface area contributed by atoms with Gasteiger partial charge in [-0.2, -0.15) is 18.4 Å². The number of halogens is 3. The van der Waals surface area contributed by atoms with Crippen molar-refractivity contribution in [2.45, 2.75) is 13.1 Å². The molecule has 0 saturated carbocycles. The Hall–Kier alpha value is -2.80. The second-order valence-electron chi connectivity index (χ2n) is 5.01. The van der Waals surface area contributed by atoms with E-state index in [2.05, 4.69) is 11.6 Å². The van der Waals surface area contributed by atoms with Crippen molar-refractivity contribution in [3.8, 4) is 6.07 Å². The minimum Gasteiger partial charge on any atom is -0.342 e. The van der Waals surface area contributed by atoms with Gasteiger partial charge < -0.3 is 10.2 Å². The highest BCUT2D eigenvalue weighted by atomic mass is 32.2. The predicted octanol–water partition coefficient (Wildman–Crippen LogP) is 2.72. The van der Waals surface area contributed by atoms with E-state index in [0.29, 0.717) is 0 Å². The number of rotatable bonds is 4. The summed E-state index contributed by atoms with van der Waals surface area (Å²) in [4.78, 5) is 28.0. The van der Waals surface area contributed by atoms with Crippen molar-refractivity contribution in [1.29, 1.82) is 5.26 Å². The molecule has 2 amide bonds. The summed E-state index contributed by atoms with van der Waals surface area (Å²) in [5.41, 5.74) is 0.592. The zero-order valence-electron chi connectivity index (χ0n) is 14.4. The van der Waals surface area contributed by atoms with Gasteiger partial charge in [-0.1, -0.05) is 30.5 Å². The summed E-state index contributed by atoms with van der Waals surface area (Å²) in [6.45, 7) is 3.97. The Labute approximate surface area is 158 Å². The molecule has 27 heavy (non-hydrogen) atoms. The molecule has 0 unspecified atom stereocenters. The molecule has 1 aromatic heterocycles. The van der Waals surface area contributed by atoms with Crippen molar-refractivity contribution >= 4 is 29.7 Å². The minimum absolute atomic E-state index is 0.0703. The zero-order chi connectivity index (χ0) is 20.4. The molecule has 1 N–H and O–H groups in total. The summed E-state index contributed by atoms with van der Waals surface area (Å²) in [5, 5.41) is 10.6. The molecular formula is C17H17F3N4O2S. The van der Waals surface area contributed by atoms with E-state index in [-0.39, 0.29) is 23.2 Å². The van der Waals surface area contributed by atoms with Gasteiger partial charge in [0.05, 0.1) is 5.75 Å². The maximum atomic E-state index is 12.0. The lowest BCUT2D eigenvalue weighted by Gasteiger charge is -2.15. The monoisotopic (exact) mass is 398 g/mol. The highest BCUT2D eigenvalue weighted by Gasteiger charge is 2.33. The summed E-state index contributed by atoms with van der Waals surface area (Å²) >= 11 is 0.969. The molecule has 0 aliphatic carbocycles. The summed E-state index contributed by atoms with van der Waals surface area (Å²) in [5.74, 6) is -1.34. The molecule has 0 spiro atoms. The van der Waals surface area contributed by atoms with Gasteiger partial charge >= 0.3 is 6.18 Å². The number of carbonyl (C=O) groups is 2. The molecule has 144 valence electrons. The quantitative estimate of drug-likeness (QED) is 0.623. The number of hydrogen-bond acceptors (Lipinski definition) is 5. The highest BCUT2D eigenvalue weighted by molar-refractivity contribution is 8.04. The van der Waals surface area contributed by atoms with Crippen LogP contribution in [0.3, 0.4) is 0 Å². The number of nitrogens with one attached hydrogen (secondary N) is 1. The number of nitriles is 1. The van der Waals surface area contributed by atoms with Crippen LogP contribution in [0.2, 0.25) is 0 Å². The molecule has 2 rings (SSSR count). The van der Waals surface area contributed by atoms with E-state index in [9.17, 15) is 22.8 Å². The number of hydrogen-bond donors (Lipinski definition) is 1. The fourth-order valence-electron chi connectivity index (χ4n) is 1.89. The minimum atomic E-state index is -4.55. The third-order valence-electron chi connectivity index (χ3n) is 3.12. The van der Waals surface area contributed by atoms with Gasteiger partial charge in [0.2, 0.25) is 5.91 Å². The van der Waals surface area contributed by atoms with Crippen molar-refractivity contribution in [2.24, 2.45) is 0 Å². The first-order chi connectivity index (χ1) is 12.7. The van der Waals surface area contributed by atoms with Crippen molar-refractivity contribution in [3.63, 3.8) is 0 Å². The molecule has 0 aromatic carbocycles. The predicted molar refractivity (Wildman–Crippen MR) is 95.9 cm³/mol. The molecule has 10 heteroatoms. The Balaban J connectivity index is 0.000000377. The highest BCUT2D eigenvalue weighted by Crippen LogP contribution is 2.31. The number of pyridine rings is 1. The van der Waals surface area contributed by atoms with Gasteiger partial charge in [-0.15, -0.1) is 0 Å². The van der Waals surface area contributed by atoms with Gasteiger partial charge in [-0.3, -0.25) is 14.6 Å². The van der Waals surface area contributed by atoms with Crippen LogP contribution in [-0.4, -0.2) is 46.7 Å². The first-order valence-electron chi connectivity index (χ1n) is 7.68. The van der Waals surface area contributed by atoms with Crippen molar-refractivity contribution < 1.29 is 22.8 Å². The average molecular weight is 398 g/mol. The second kappa shape index (κ2) is 10.4. The number of alkyl halides is 3. The van der Waals surface area contributed by atoms with Gasteiger partial charge in [0, 0.05) is 18.9 Å². The third-order valence-corrected chi connectivity index (χ3v) is 4.21. The van der Waals surface area contributed by atoms with E-state index in [1.807, 2.05) is 12.1 Å². The molecule has 1 aliphatic rings. The Morgan fingerprint density at radius 2 is 2.26 bits per heavy atom. The zero-order valence-corrected chi connectivity index (χ0v) is 15.2. The van der Waals surface area contributed by atoms with Gasteiger partial charge in [0.15, 0.2) is 0 Å². The molecule has 0 radical (unpaired) electrons. The van der Waals surface area contributed by atoms with Crippen LogP contribution in [0.15, 0.2) is 41.7 Å². The SMILES string of the molecule is C=Cc1cccnc1.CCN1C(=O)CS/C1=C(/C#N)C(=O)NCC(F)(F)F. The van der Waals surface area contributed by atoms with E-state index in [4.69, 9.17) is 5.26 Å². The maximum absolute atomic E-state index is 12.0. The molecule has 1 saturated heterocycles. The smallest absolute Gasteiger partial charge is 0.342 e. The van der Waals surface area contributed by atoms with Gasteiger partial charge in [0.1, 0.15) is 23.2 Å². The molecule has 0 atom stereocenters. The molecule has 1 aromatic rings. The van der Waals surface area contributed by atoms with E-state index < -0.39 is 24.2 Å². The second-order valence-corrected chi connectivity index (χ2v) is 5.97. The summed E-state index contributed by atoms with van der Waals surface area (Å²) in [7, 11) is 0. The van der Waals surface area contributed by atoms with Crippen molar-refractivity contribution in [1.82, 2.24) is 15.2 Å². The first-order valence-corrected chi connectivity index (χ1v) is 8.67.